The number of ether oxygens (including phenoxy) is 1. The average molecular weight is 232 g/mol. The highest BCUT2D eigenvalue weighted by atomic mass is 19.1. The molecule has 0 fully saturated rings. The molecule has 88 valence electrons. The van der Waals surface area contributed by atoms with E-state index in [-0.39, 0.29) is 5.82 Å². The second kappa shape index (κ2) is 5.30. The number of rotatable bonds is 4. The Morgan fingerprint density at radius 1 is 1.18 bits per heavy atom. The van der Waals surface area contributed by atoms with Gasteiger partial charge in [-0.25, -0.2) is 9.37 Å². The van der Waals surface area contributed by atoms with Crippen molar-refractivity contribution in [3.63, 3.8) is 0 Å². The standard InChI is InChI=1S/C13H13FN2O/c1-17-12-5-2-10(3-6-12)8-15-13-7-4-11(14)9-16-13/h2-7,9H,8H2,1H3,(H,15,16). The highest BCUT2D eigenvalue weighted by Gasteiger charge is 1.96. The third-order valence-electron chi connectivity index (χ3n) is 2.36. The summed E-state index contributed by atoms with van der Waals surface area (Å²) in [4.78, 5) is 3.92. The molecule has 3 nitrogen and oxygen atoms in total. The molecule has 0 atom stereocenters. The Labute approximate surface area is 99.3 Å². The molecule has 0 bridgehead atoms. The van der Waals surface area contributed by atoms with E-state index in [0.717, 1.165) is 11.3 Å². The molecule has 2 aromatic rings. The number of nitrogens with zero attached hydrogens (tertiary/aromatic N) is 1. The Morgan fingerprint density at radius 2 is 1.94 bits per heavy atom. The van der Waals surface area contributed by atoms with Crippen LogP contribution in [-0.4, -0.2) is 12.1 Å². The summed E-state index contributed by atoms with van der Waals surface area (Å²) < 4.78 is 17.7. The SMILES string of the molecule is COc1ccc(CNc2ccc(F)cn2)cc1. The van der Waals surface area contributed by atoms with E-state index in [1.807, 2.05) is 24.3 Å². The Hall–Kier alpha value is -2.10. The second-order valence-corrected chi connectivity index (χ2v) is 3.56. The lowest BCUT2D eigenvalue weighted by atomic mass is 10.2. The summed E-state index contributed by atoms with van der Waals surface area (Å²) in [6, 6.07) is 10.7. The van der Waals surface area contributed by atoms with E-state index < -0.39 is 0 Å². The van der Waals surface area contributed by atoms with Crippen LogP contribution in [0.2, 0.25) is 0 Å². The Kier molecular flexibility index (Phi) is 3.55. The van der Waals surface area contributed by atoms with Crippen LogP contribution in [-0.2, 0) is 6.54 Å². The normalized spacial score (nSPS) is 10.0. The van der Waals surface area contributed by atoms with Gasteiger partial charge in [0.15, 0.2) is 0 Å². The van der Waals surface area contributed by atoms with Gasteiger partial charge in [0.25, 0.3) is 0 Å². The van der Waals surface area contributed by atoms with Gasteiger partial charge in [-0.3, -0.25) is 0 Å². The van der Waals surface area contributed by atoms with Crippen molar-refractivity contribution in [1.29, 1.82) is 0 Å². The highest BCUT2D eigenvalue weighted by molar-refractivity contribution is 5.36. The van der Waals surface area contributed by atoms with Crippen molar-refractivity contribution in [2.75, 3.05) is 12.4 Å². The summed E-state index contributed by atoms with van der Waals surface area (Å²) in [7, 11) is 1.63. The molecular weight excluding hydrogens is 219 g/mol. The van der Waals surface area contributed by atoms with Crippen LogP contribution in [0.5, 0.6) is 5.75 Å². The van der Waals surface area contributed by atoms with Crippen LogP contribution in [0.4, 0.5) is 10.2 Å². The zero-order chi connectivity index (χ0) is 12.1. The molecule has 0 unspecified atom stereocenters. The molecule has 2 rings (SSSR count). The number of nitrogens with one attached hydrogen (secondary N) is 1. The molecule has 0 aliphatic rings. The third-order valence-corrected chi connectivity index (χ3v) is 2.36. The number of halogens is 1. The number of benzene rings is 1. The lowest BCUT2D eigenvalue weighted by molar-refractivity contribution is 0.414. The minimum atomic E-state index is -0.333. The van der Waals surface area contributed by atoms with E-state index in [9.17, 15) is 4.39 Å². The van der Waals surface area contributed by atoms with Crippen LogP contribution in [0.25, 0.3) is 0 Å². The second-order valence-electron chi connectivity index (χ2n) is 3.56. The molecule has 0 spiro atoms. The molecule has 1 aromatic heterocycles. The van der Waals surface area contributed by atoms with Crippen molar-refractivity contribution < 1.29 is 9.13 Å². The maximum absolute atomic E-state index is 12.6. The van der Waals surface area contributed by atoms with Crippen LogP contribution >= 0.6 is 0 Å². The minimum absolute atomic E-state index is 0.333. The summed E-state index contributed by atoms with van der Waals surface area (Å²) in [6.07, 6.45) is 1.19. The van der Waals surface area contributed by atoms with Crippen LogP contribution in [0.15, 0.2) is 42.6 Å². The van der Waals surface area contributed by atoms with Gasteiger partial charge >= 0.3 is 0 Å². The average Bonchev–Trinajstić information content (AvgIpc) is 2.39. The van der Waals surface area contributed by atoms with Crippen molar-refractivity contribution in [2.24, 2.45) is 0 Å². The van der Waals surface area contributed by atoms with Gasteiger partial charge in [-0.15, -0.1) is 0 Å². The van der Waals surface area contributed by atoms with Gasteiger partial charge in [-0.05, 0) is 29.8 Å². The first-order valence-electron chi connectivity index (χ1n) is 5.26. The predicted octanol–water partition coefficient (Wildman–Crippen LogP) is 2.84. The van der Waals surface area contributed by atoms with E-state index in [1.165, 1.54) is 12.3 Å². The van der Waals surface area contributed by atoms with Gasteiger partial charge in [-0.1, -0.05) is 12.1 Å². The van der Waals surface area contributed by atoms with Gasteiger partial charge in [0, 0.05) is 6.54 Å². The molecule has 1 aromatic carbocycles. The fourth-order valence-corrected chi connectivity index (χ4v) is 1.42. The number of anilines is 1. The topological polar surface area (TPSA) is 34.1 Å². The van der Waals surface area contributed by atoms with E-state index in [0.29, 0.717) is 12.4 Å². The number of aromatic nitrogens is 1. The summed E-state index contributed by atoms with van der Waals surface area (Å²) in [5, 5.41) is 3.11. The molecule has 0 radical (unpaired) electrons. The first kappa shape index (κ1) is 11.4. The van der Waals surface area contributed by atoms with Gasteiger partial charge in [0.2, 0.25) is 0 Å². The van der Waals surface area contributed by atoms with Crippen LogP contribution in [0.3, 0.4) is 0 Å². The zero-order valence-corrected chi connectivity index (χ0v) is 9.48. The zero-order valence-electron chi connectivity index (χ0n) is 9.48. The van der Waals surface area contributed by atoms with Crippen molar-refractivity contribution in [2.45, 2.75) is 6.54 Å². The van der Waals surface area contributed by atoms with Crippen LogP contribution in [0.1, 0.15) is 5.56 Å². The van der Waals surface area contributed by atoms with Gasteiger partial charge in [-0.2, -0.15) is 0 Å². The van der Waals surface area contributed by atoms with Crippen LogP contribution in [0, 0.1) is 5.82 Å². The monoisotopic (exact) mass is 232 g/mol. The summed E-state index contributed by atoms with van der Waals surface area (Å²) in [5.74, 6) is 1.15. The van der Waals surface area contributed by atoms with Crippen LogP contribution < -0.4 is 10.1 Å². The van der Waals surface area contributed by atoms with E-state index in [1.54, 1.807) is 13.2 Å². The molecule has 17 heavy (non-hydrogen) atoms. The maximum Gasteiger partial charge on any atom is 0.141 e. The third kappa shape index (κ3) is 3.17. The first-order chi connectivity index (χ1) is 8.28. The molecule has 0 amide bonds. The van der Waals surface area contributed by atoms with Gasteiger partial charge in [0.1, 0.15) is 17.4 Å². The quantitative estimate of drug-likeness (QED) is 0.880. The maximum atomic E-state index is 12.6. The minimum Gasteiger partial charge on any atom is -0.497 e. The number of pyridine rings is 1. The summed E-state index contributed by atoms with van der Waals surface area (Å²) in [5.41, 5.74) is 1.11. The summed E-state index contributed by atoms with van der Waals surface area (Å²) >= 11 is 0. The fourth-order valence-electron chi connectivity index (χ4n) is 1.42. The van der Waals surface area contributed by atoms with Crippen molar-refractivity contribution in [1.82, 2.24) is 4.98 Å². The molecular formula is C13H13FN2O. The highest BCUT2D eigenvalue weighted by Crippen LogP contribution is 2.12. The molecule has 0 saturated heterocycles. The number of hydrogen-bond donors (Lipinski definition) is 1. The number of hydrogen-bond acceptors (Lipinski definition) is 3. The molecule has 1 heterocycles. The largest absolute Gasteiger partial charge is 0.497 e. The van der Waals surface area contributed by atoms with E-state index in [2.05, 4.69) is 10.3 Å². The Morgan fingerprint density at radius 3 is 2.53 bits per heavy atom. The van der Waals surface area contributed by atoms with E-state index >= 15 is 0 Å². The van der Waals surface area contributed by atoms with Gasteiger partial charge < -0.3 is 10.1 Å². The molecule has 0 aliphatic heterocycles. The smallest absolute Gasteiger partial charge is 0.141 e. The number of methoxy groups -OCH3 is 1. The molecule has 0 saturated carbocycles. The molecule has 4 heteroatoms. The lowest BCUT2D eigenvalue weighted by Crippen LogP contribution is -2.01. The predicted molar refractivity (Wildman–Crippen MR) is 64.5 cm³/mol. The first-order valence-corrected chi connectivity index (χ1v) is 5.26. The van der Waals surface area contributed by atoms with E-state index in [4.69, 9.17) is 4.74 Å². The Bertz CT molecular complexity index is 468. The summed E-state index contributed by atoms with van der Waals surface area (Å²) in [6.45, 7) is 0.641. The fraction of sp³-hybridized carbons (Fsp3) is 0.154. The van der Waals surface area contributed by atoms with Crippen molar-refractivity contribution in [3.05, 3.63) is 54.0 Å². The lowest BCUT2D eigenvalue weighted by Gasteiger charge is -2.06. The van der Waals surface area contributed by atoms with Gasteiger partial charge in [0.05, 0.1) is 13.3 Å². The van der Waals surface area contributed by atoms with Crippen molar-refractivity contribution in [3.8, 4) is 5.75 Å². The Balaban J connectivity index is 1.95. The molecule has 0 aliphatic carbocycles. The van der Waals surface area contributed by atoms with Crippen molar-refractivity contribution >= 4 is 5.82 Å². The molecule has 1 N–H and O–H groups in total.